The van der Waals surface area contributed by atoms with Gasteiger partial charge in [0, 0.05) is 4.47 Å². The van der Waals surface area contributed by atoms with Gasteiger partial charge in [-0.05, 0) is 32.9 Å². The van der Waals surface area contributed by atoms with Crippen molar-refractivity contribution < 1.29 is 28.4 Å². The SMILES string of the molecule is C[C@H]([N-]C(=O)OC(C)(C)C)c1cccc(Br)c1.[Li+]. The zero-order valence-corrected chi connectivity index (χ0v) is 13.1. The van der Waals surface area contributed by atoms with E-state index in [1.807, 2.05) is 52.0 Å². The van der Waals surface area contributed by atoms with Crippen LogP contribution in [0.4, 0.5) is 4.79 Å². The molecule has 1 aromatic carbocycles. The van der Waals surface area contributed by atoms with Crippen LogP contribution in [0.3, 0.4) is 0 Å². The van der Waals surface area contributed by atoms with Crippen molar-refractivity contribution in [2.75, 3.05) is 0 Å². The van der Waals surface area contributed by atoms with E-state index in [-0.39, 0.29) is 24.9 Å². The van der Waals surface area contributed by atoms with Crippen LogP contribution in [-0.4, -0.2) is 11.7 Å². The molecular weight excluding hydrogens is 289 g/mol. The first-order valence-electron chi connectivity index (χ1n) is 5.47. The molecule has 1 atom stereocenters. The molecule has 1 rings (SSSR count). The third kappa shape index (κ3) is 6.49. The van der Waals surface area contributed by atoms with E-state index in [0.717, 1.165) is 10.0 Å². The minimum Gasteiger partial charge on any atom is -0.611 e. The van der Waals surface area contributed by atoms with Crippen molar-refractivity contribution in [1.29, 1.82) is 0 Å². The minimum absolute atomic E-state index is 0. The summed E-state index contributed by atoms with van der Waals surface area (Å²) in [4.78, 5) is 11.5. The zero-order chi connectivity index (χ0) is 13.1. The van der Waals surface area contributed by atoms with Crippen molar-refractivity contribution in [3.63, 3.8) is 0 Å². The Kier molecular flexibility index (Phi) is 7.06. The third-order valence-corrected chi connectivity index (χ3v) is 2.52. The van der Waals surface area contributed by atoms with Crippen molar-refractivity contribution in [3.05, 3.63) is 39.6 Å². The average molecular weight is 306 g/mol. The molecule has 1 aromatic rings. The summed E-state index contributed by atoms with van der Waals surface area (Å²) in [7, 11) is 0. The van der Waals surface area contributed by atoms with Gasteiger partial charge in [-0.25, -0.2) is 0 Å². The molecule has 0 unspecified atom stereocenters. The van der Waals surface area contributed by atoms with E-state index in [4.69, 9.17) is 4.74 Å². The molecule has 0 aromatic heterocycles. The van der Waals surface area contributed by atoms with Gasteiger partial charge in [-0.15, -0.1) is 0 Å². The molecule has 0 aliphatic carbocycles. The fourth-order valence-electron chi connectivity index (χ4n) is 1.29. The van der Waals surface area contributed by atoms with E-state index < -0.39 is 11.7 Å². The fourth-order valence-corrected chi connectivity index (χ4v) is 1.70. The van der Waals surface area contributed by atoms with Gasteiger partial charge in [0.15, 0.2) is 0 Å². The predicted octanol–water partition coefficient (Wildman–Crippen LogP) is 1.82. The smallest absolute Gasteiger partial charge is 0.611 e. The van der Waals surface area contributed by atoms with Crippen LogP contribution >= 0.6 is 15.9 Å². The summed E-state index contributed by atoms with van der Waals surface area (Å²) in [6.07, 6.45) is -0.523. The van der Waals surface area contributed by atoms with Crippen LogP contribution in [-0.2, 0) is 4.74 Å². The normalized spacial score (nSPS) is 12.3. The van der Waals surface area contributed by atoms with Crippen LogP contribution in [0.2, 0.25) is 0 Å². The molecule has 0 aliphatic rings. The van der Waals surface area contributed by atoms with Gasteiger partial charge in [-0.2, -0.15) is 0 Å². The monoisotopic (exact) mass is 305 g/mol. The number of halogens is 1. The van der Waals surface area contributed by atoms with Crippen LogP contribution in [0, 0.1) is 0 Å². The molecule has 0 saturated heterocycles. The van der Waals surface area contributed by atoms with Crippen LogP contribution in [0.15, 0.2) is 28.7 Å². The van der Waals surface area contributed by atoms with Gasteiger partial charge in [0.25, 0.3) is 0 Å². The second-order valence-corrected chi connectivity index (χ2v) is 5.76. The van der Waals surface area contributed by atoms with E-state index in [0.29, 0.717) is 0 Å². The fraction of sp³-hybridized carbons (Fsp3) is 0.462. The molecule has 18 heavy (non-hydrogen) atoms. The van der Waals surface area contributed by atoms with Gasteiger partial charge >= 0.3 is 18.9 Å². The molecule has 0 fully saturated rings. The Morgan fingerprint density at radius 1 is 1.39 bits per heavy atom. The van der Waals surface area contributed by atoms with E-state index >= 15 is 0 Å². The summed E-state index contributed by atoms with van der Waals surface area (Å²) >= 11 is 3.39. The maximum Gasteiger partial charge on any atom is 1.00 e. The molecule has 0 aliphatic heterocycles. The first kappa shape index (κ1) is 17.6. The van der Waals surface area contributed by atoms with Gasteiger partial charge in [-0.3, -0.25) is 4.79 Å². The molecular formula is C13H17BrLiNO2. The van der Waals surface area contributed by atoms with Crippen LogP contribution in [0.5, 0.6) is 0 Å². The second-order valence-electron chi connectivity index (χ2n) is 4.84. The van der Waals surface area contributed by atoms with Crippen molar-refractivity contribution in [1.82, 2.24) is 0 Å². The van der Waals surface area contributed by atoms with Gasteiger partial charge in [-0.1, -0.05) is 46.6 Å². The van der Waals surface area contributed by atoms with E-state index in [2.05, 4.69) is 21.2 Å². The summed E-state index contributed by atoms with van der Waals surface area (Å²) in [5, 5.41) is 3.99. The number of carbonyl (C=O) groups excluding carboxylic acids is 1. The maximum absolute atomic E-state index is 11.5. The molecule has 0 spiro atoms. The molecule has 3 nitrogen and oxygen atoms in total. The van der Waals surface area contributed by atoms with Crippen LogP contribution in [0.1, 0.15) is 39.3 Å². The summed E-state index contributed by atoms with van der Waals surface area (Å²) in [5.74, 6) is 0. The van der Waals surface area contributed by atoms with Crippen molar-refractivity contribution >= 4 is 22.0 Å². The zero-order valence-electron chi connectivity index (χ0n) is 11.5. The summed E-state index contributed by atoms with van der Waals surface area (Å²) in [6, 6.07) is 7.52. The van der Waals surface area contributed by atoms with Crippen molar-refractivity contribution in [3.8, 4) is 0 Å². The average Bonchev–Trinajstić information content (AvgIpc) is 2.14. The molecule has 94 valence electrons. The van der Waals surface area contributed by atoms with Crippen molar-refractivity contribution in [2.45, 2.75) is 39.3 Å². The Morgan fingerprint density at radius 3 is 2.50 bits per heavy atom. The Hall–Kier alpha value is -0.433. The quantitative estimate of drug-likeness (QED) is 0.782. The third-order valence-electron chi connectivity index (χ3n) is 2.02. The molecule has 0 radical (unpaired) electrons. The first-order valence-corrected chi connectivity index (χ1v) is 6.26. The number of hydrogen-bond acceptors (Lipinski definition) is 2. The number of benzene rings is 1. The Balaban J connectivity index is 0.00000289. The Morgan fingerprint density at radius 2 is 2.00 bits per heavy atom. The van der Waals surface area contributed by atoms with Gasteiger partial charge in [0.05, 0.1) is 0 Å². The molecule has 0 heterocycles. The molecule has 5 heteroatoms. The number of amides is 1. The largest absolute Gasteiger partial charge is 1.00 e. The standard InChI is InChI=1S/C13H18BrNO2.Li/c1-9(10-6-5-7-11(14)8-10)15-12(16)17-13(2,3)4;/h5-9H,1-4H3,(H,15,16);/q;+1/p-1/t9-;/m0./s1. The summed E-state index contributed by atoms with van der Waals surface area (Å²) < 4.78 is 6.12. The predicted molar refractivity (Wildman–Crippen MR) is 72.2 cm³/mol. The Bertz CT molecular complexity index is 404. The Labute approximate surface area is 129 Å². The summed E-state index contributed by atoms with van der Waals surface area (Å²) in [6.45, 7) is 7.34. The number of hydrogen-bond donors (Lipinski definition) is 0. The maximum atomic E-state index is 11.5. The molecule has 0 N–H and O–H groups in total. The topological polar surface area (TPSA) is 40.4 Å². The summed E-state index contributed by atoms with van der Waals surface area (Å²) in [5.41, 5.74) is 0.475. The van der Waals surface area contributed by atoms with Gasteiger partial charge in [0.1, 0.15) is 5.60 Å². The van der Waals surface area contributed by atoms with E-state index in [1.165, 1.54) is 0 Å². The van der Waals surface area contributed by atoms with Gasteiger partial charge < -0.3 is 10.1 Å². The van der Waals surface area contributed by atoms with Crippen LogP contribution < -0.4 is 18.9 Å². The number of ether oxygens (including phenoxy) is 1. The number of carbonyl (C=O) groups is 1. The molecule has 0 saturated carbocycles. The minimum atomic E-state index is -0.523. The van der Waals surface area contributed by atoms with E-state index in [1.54, 1.807) is 0 Å². The molecule has 0 bridgehead atoms. The number of rotatable bonds is 2. The molecule has 1 amide bonds. The second kappa shape index (κ2) is 7.23. The first-order chi connectivity index (χ1) is 7.78. The van der Waals surface area contributed by atoms with E-state index in [9.17, 15) is 4.79 Å². The van der Waals surface area contributed by atoms with Crippen LogP contribution in [0.25, 0.3) is 5.32 Å². The van der Waals surface area contributed by atoms with Crippen molar-refractivity contribution in [2.24, 2.45) is 0 Å². The number of nitrogens with zero attached hydrogens (tertiary/aromatic N) is 1. The van der Waals surface area contributed by atoms with Gasteiger partial charge in [0.2, 0.25) is 6.09 Å².